The van der Waals surface area contributed by atoms with Crippen LogP contribution in [0.5, 0.6) is 0 Å². The number of hydrogen-bond acceptors (Lipinski definition) is 4. The Bertz CT molecular complexity index is 372. The van der Waals surface area contributed by atoms with Crippen LogP contribution in [0.25, 0.3) is 0 Å². The molecular weight excluding hydrogens is 226 g/mol. The van der Waals surface area contributed by atoms with Gasteiger partial charge in [-0.05, 0) is 25.3 Å². The fourth-order valence-corrected chi connectivity index (χ4v) is 2.32. The quantitative estimate of drug-likeness (QED) is 0.827. The molecule has 0 saturated carbocycles. The fourth-order valence-electron chi connectivity index (χ4n) is 2.16. The second-order valence-corrected chi connectivity index (χ2v) is 4.53. The zero-order chi connectivity index (χ0) is 11.5. The van der Waals surface area contributed by atoms with E-state index < -0.39 is 0 Å². The Kier molecular flexibility index (Phi) is 3.51. The van der Waals surface area contributed by atoms with Gasteiger partial charge in [0.2, 0.25) is 0 Å². The minimum Gasteiger partial charge on any atom is -0.396 e. The summed E-state index contributed by atoms with van der Waals surface area (Å²) in [6.07, 6.45) is 4.84. The molecule has 1 atom stereocenters. The number of anilines is 2. The summed E-state index contributed by atoms with van der Waals surface area (Å²) >= 11 is 5.82. The fraction of sp³-hybridized carbons (Fsp3) is 0.545. The number of nitrogens with zero attached hydrogens (tertiary/aromatic N) is 2. The van der Waals surface area contributed by atoms with Gasteiger partial charge >= 0.3 is 0 Å². The van der Waals surface area contributed by atoms with Gasteiger partial charge in [-0.25, -0.2) is 4.98 Å². The van der Waals surface area contributed by atoms with Crippen LogP contribution in [-0.4, -0.2) is 29.3 Å². The van der Waals surface area contributed by atoms with Crippen LogP contribution in [0.4, 0.5) is 11.5 Å². The lowest BCUT2D eigenvalue weighted by atomic mass is 10.0. The topological polar surface area (TPSA) is 62.4 Å². The lowest BCUT2D eigenvalue weighted by molar-refractivity contribution is 0.239. The van der Waals surface area contributed by atoms with E-state index in [-0.39, 0.29) is 12.6 Å². The minimum absolute atomic E-state index is 0.129. The summed E-state index contributed by atoms with van der Waals surface area (Å²) in [7, 11) is 0. The number of piperidine rings is 1. The molecule has 1 aliphatic heterocycles. The number of aromatic nitrogens is 1. The second-order valence-electron chi connectivity index (χ2n) is 4.09. The van der Waals surface area contributed by atoms with Crippen molar-refractivity contribution >= 4 is 23.1 Å². The molecule has 1 fully saturated rings. The molecule has 2 rings (SSSR count). The number of nitrogen functional groups attached to an aromatic ring is 1. The highest BCUT2D eigenvalue weighted by molar-refractivity contribution is 6.30. The highest BCUT2D eigenvalue weighted by Gasteiger charge is 2.24. The van der Waals surface area contributed by atoms with Gasteiger partial charge < -0.3 is 15.7 Å². The molecule has 0 aromatic carbocycles. The smallest absolute Gasteiger partial charge is 0.152 e. The maximum absolute atomic E-state index is 9.33. The number of aliphatic hydroxyl groups is 1. The van der Waals surface area contributed by atoms with Crippen molar-refractivity contribution in [2.45, 2.75) is 25.3 Å². The summed E-state index contributed by atoms with van der Waals surface area (Å²) in [6, 6.07) is 1.83. The molecule has 0 radical (unpaired) electrons. The Hall–Kier alpha value is -1.00. The molecule has 88 valence electrons. The molecule has 1 aromatic heterocycles. The van der Waals surface area contributed by atoms with Gasteiger partial charge in [-0.2, -0.15) is 0 Å². The van der Waals surface area contributed by atoms with Crippen molar-refractivity contribution in [1.82, 2.24) is 4.98 Å². The van der Waals surface area contributed by atoms with Crippen molar-refractivity contribution < 1.29 is 5.11 Å². The van der Waals surface area contributed by atoms with E-state index >= 15 is 0 Å². The van der Waals surface area contributed by atoms with Gasteiger partial charge in [0.25, 0.3) is 0 Å². The summed E-state index contributed by atoms with van der Waals surface area (Å²) in [4.78, 5) is 6.34. The molecule has 2 heterocycles. The van der Waals surface area contributed by atoms with Crippen molar-refractivity contribution in [2.24, 2.45) is 0 Å². The average molecular weight is 242 g/mol. The SMILES string of the molecule is Nc1cc(Cl)cnc1N1CCCCC1CO. The summed E-state index contributed by atoms with van der Waals surface area (Å²) in [5.41, 5.74) is 6.48. The molecular formula is C11H16ClN3O. The van der Waals surface area contributed by atoms with E-state index in [1.54, 1.807) is 12.3 Å². The molecule has 16 heavy (non-hydrogen) atoms. The van der Waals surface area contributed by atoms with Gasteiger partial charge in [0.05, 0.1) is 23.4 Å². The number of hydrogen-bond donors (Lipinski definition) is 2. The van der Waals surface area contributed by atoms with Crippen LogP contribution in [0.15, 0.2) is 12.3 Å². The maximum Gasteiger partial charge on any atom is 0.152 e. The summed E-state index contributed by atoms with van der Waals surface area (Å²) in [5, 5.41) is 9.87. The molecule has 4 nitrogen and oxygen atoms in total. The molecule has 1 aromatic rings. The zero-order valence-corrected chi connectivity index (χ0v) is 9.82. The largest absolute Gasteiger partial charge is 0.396 e. The molecule has 1 saturated heterocycles. The molecule has 0 spiro atoms. The third kappa shape index (κ3) is 2.23. The first-order chi connectivity index (χ1) is 7.72. The van der Waals surface area contributed by atoms with Crippen molar-refractivity contribution in [3.63, 3.8) is 0 Å². The van der Waals surface area contributed by atoms with Crippen LogP contribution in [0, 0.1) is 0 Å². The highest BCUT2D eigenvalue weighted by Crippen LogP contribution is 2.28. The predicted molar refractivity (Wildman–Crippen MR) is 65.7 cm³/mol. The summed E-state index contributed by atoms with van der Waals surface area (Å²) in [5.74, 6) is 0.739. The van der Waals surface area contributed by atoms with Gasteiger partial charge in [-0.15, -0.1) is 0 Å². The monoisotopic (exact) mass is 241 g/mol. The van der Waals surface area contributed by atoms with Crippen molar-refractivity contribution in [3.05, 3.63) is 17.3 Å². The summed E-state index contributed by atoms with van der Waals surface area (Å²) in [6.45, 7) is 1.04. The Morgan fingerprint density at radius 2 is 2.38 bits per heavy atom. The van der Waals surface area contributed by atoms with Crippen LogP contribution in [0.1, 0.15) is 19.3 Å². The van der Waals surface area contributed by atoms with Gasteiger partial charge in [-0.1, -0.05) is 11.6 Å². The Balaban J connectivity index is 2.27. The van der Waals surface area contributed by atoms with E-state index in [0.717, 1.165) is 31.6 Å². The van der Waals surface area contributed by atoms with Crippen LogP contribution >= 0.6 is 11.6 Å². The van der Waals surface area contributed by atoms with E-state index in [1.165, 1.54) is 0 Å². The number of aliphatic hydroxyl groups excluding tert-OH is 1. The van der Waals surface area contributed by atoms with E-state index in [1.807, 2.05) is 0 Å². The van der Waals surface area contributed by atoms with Crippen LogP contribution in [0.3, 0.4) is 0 Å². The molecule has 3 N–H and O–H groups in total. The van der Waals surface area contributed by atoms with Gasteiger partial charge in [0.1, 0.15) is 0 Å². The molecule has 0 aliphatic carbocycles. The number of rotatable bonds is 2. The van der Waals surface area contributed by atoms with E-state index in [2.05, 4.69) is 9.88 Å². The van der Waals surface area contributed by atoms with Crippen molar-refractivity contribution in [3.8, 4) is 0 Å². The molecule has 0 amide bonds. The second kappa shape index (κ2) is 4.89. The maximum atomic E-state index is 9.33. The Morgan fingerprint density at radius 3 is 3.06 bits per heavy atom. The highest BCUT2D eigenvalue weighted by atomic mass is 35.5. The first-order valence-corrected chi connectivity index (χ1v) is 5.88. The summed E-state index contributed by atoms with van der Waals surface area (Å²) < 4.78 is 0. The predicted octanol–water partition coefficient (Wildman–Crippen LogP) is 1.67. The zero-order valence-electron chi connectivity index (χ0n) is 9.06. The number of nitrogens with two attached hydrogens (primary N) is 1. The lowest BCUT2D eigenvalue weighted by Crippen LogP contribution is -2.42. The van der Waals surface area contributed by atoms with E-state index in [0.29, 0.717) is 10.7 Å². The standard InChI is InChI=1S/C11H16ClN3O/c12-8-5-10(13)11(14-6-8)15-4-2-1-3-9(15)7-16/h5-6,9,16H,1-4,7,13H2. The van der Waals surface area contributed by atoms with Crippen LogP contribution < -0.4 is 10.6 Å². The average Bonchev–Trinajstić information content (AvgIpc) is 2.29. The van der Waals surface area contributed by atoms with E-state index in [9.17, 15) is 5.11 Å². The number of pyridine rings is 1. The third-order valence-corrected chi connectivity index (χ3v) is 3.18. The third-order valence-electron chi connectivity index (χ3n) is 2.97. The first kappa shape index (κ1) is 11.5. The lowest BCUT2D eigenvalue weighted by Gasteiger charge is -2.36. The molecule has 1 aliphatic rings. The first-order valence-electron chi connectivity index (χ1n) is 5.51. The van der Waals surface area contributed by atoms with Crippen LogP contribution in [0.2, 0.25) is 5.02 Å². The van der Waals surface area contributed by atoms with E-state index in [4.69, 9.17) is 17.3 Å². The van der Waals surface area contributed by atoms with Gasteiger partial charge in [-0.3, -0.25) is 0 Å². The minimum atomic E-state index is 0.129. The molecule has 1 unspecified atom stereocenters. The van der Waals surface area contributed by atoms with Crippen LogP contribution in [-0.2, 0) is 0 Å². The van der Waals surface area contributed by atoms with Crippen molar-refractivity contribution in [1.29, 1.82) is 0 Å². The normalized spacial score (nSPS) is 21.1. The van der Waals surface area contributed by atoms with Gasteiger partial charge in [0.15, 0.2) is 5.82 Å². The van der Waals surface area contributed by atoms with Crippen molar-refractivity contribution in [2.75, 3.05) is 23.8 Å². The Labute approximate surface area is 100 Å². The Morgan fingerprint density at radius 1 is 1.56 bits per heavy atom. The number of halogens is 1. The molecule has 0 bridgehead atoms. The van der Waals surface area contributed by atoms with Gasteiger partial charge in [0, 0.05) is 12.7 Å². The molecule has 5 heteroatoms.